The van der Waals surface area contributed by atoms with E-state index in [9.17, 15) is 33.0 Å². The lowest BCUT2D eigenvalue weighted by Gasteiger charge is -2.37. The van der Waals surface area contributed by atoms with Gasteiger partial charge < -0.3 is 39.5 Å². The number of benzene rings is 5. The summed E-state index contributed by atoms with van der Waals surface area (Å²) < 4.78 is 63.7. The number of phosphoric acid groups is 1. The van der Waals surface area contributed by atoms with Gasteiger partial charge in [0, 0.05) is 94.9 Å². The number of aromatic nitrogens is 1. The zero-order chi connectivity index (χ0) is 53.6. The number of rotatable bonds is 21. The number of carbonyl (C=O) groups is 1. The molecule has 22 heteroatoms. The van der Waals surface area contributed by atoms with Crippen LogP contribution in [0.15, 0.2) is 125 Å². The Kier molecular flexibility index (Phi) is 17.6. The van der Waals surface area contributed by atoms with E-state index in [1.807, 2.05) is 66.9 Å². The molecule has 0 bridgehead atoms. The molecule has 0 unspecified atom stereocenters. The number of hydrogen-bond donors (Lipinski definition) is 5. The Bertz CT molecular complexity index is 3150. The Hall–Kier alpha value is -5.96. The smallest absolute Gasteiger partial charge is 0.469 e. The van der Waals surface area contributed by atoms with Crippen LogP contribution >= 0.6 is 31.2 Å². The Morgan fingerprint density at radius 1 is 0.893 bits per heavy atom. The number of piperazine rings is 1. The normalized spacial score (nSPS) is 15.3. The highest BCUT2D eigenvalue weighted by atomic mass is 35.5. The van der Waals surface area contributed by atoms with Crippen molar-refractivity contribution in [2.24, 2.45) is 5.92 Å². The molecule has 5 N–H and O–H groups in total. The Balaban J connectivity index is 0.920. The molecule has 0 radical (unpaired) electrons. The van der Waals surface area contributed by atoms with Crippen molar-refractivity contribution in [2.75, 3.05) is 78.0 Å². The Morgan fingerprint density at radius 2 is 1.55 bits per heavy atom. The lowest BCUT2D eigenvalue weighted by atomic mass is 9.96. The van der Waals surface area contributed by atoms with Crippen LogP contribution in [0.3, 0.4) is 0 Å². The van der Waals surface area contributed by atoms with Crippen LogP contribution in [0, 0.1) is 28.8 Å². The van der Waals surface area contributed by atoms with E-state index in [4.69, 9.17) is 25.9 Å². The molecule has 1 aromatic heterocycles. The Morgan fingerprint density at radius 3 is 2.16 bits per heavy atom. The summed E-state index contributed by atoms with van der Waals surface area (Å²) in [6.07, 6.45) is 2.03. The van der Waals surface area contributed by atoms with E-state index in [0.29, 0.717) is 104 Å². The van der Waals surface area contributed by atoms with E-state index < -0.39 is 40.2 Å². The summed E-state index contributed by atoms with van der Waals surface area (Å²) in [5.74, 6) is -1.03. The molecule has 0 spiro atoms. The summed E-state index contributed by atoms with van der Waals surface area (Å²) in [7, 11) is -8.82. The highest BCUT2D eigenvalue weighted by molar-refractivity contribution is 7.99. The van der Waals surface area contributed by atoms with Crippen LogP contribution in [0.2, 0.25) is 5.02 Å². The number of nitrogens with one attached hydrogen (secondary N) is 2. The summed E-state index contributed by atoms with van der Waals surface area (Å²) in [5, 5.41) is 26.9. The van der Waals surface area contributed by atoms with E-state index in [-0.39, 0.29) is 46.4 Å². The van der Waals surface area contributed by atoms with Crippen molar-refractivity contribution in [2.45, 2.75) is 61.9 Å². The standard InChI is InChI=1S/C53H60ClFN7O10PS2/c1-35(2)61-36(3)50(53(63)64)51(52(61)38-9-11-40(54)12-10-38)39-29-41(55)31-45(30-39)60-27-25-59(26-28-60)44-15-13-42(14-16-44)57-75(70,71)47-17-18-48(49(32-47)62(65)66)56-43(34-74-46-7-5-4-6-8-46)21-24-58-22-19-37(20-23-58)33-72-73(67,68)69/h4-18,29-32,35,37,43,56-57H,19-28,33-34H2,1-3H3,(H,63,64)(H2,67,68,69)/t43-/m1/s1. The van der Waals surface area contributed by atoms with Crippen molar-refractivity contribution in [1.29, 1.82) is 0 Å². The average molecular weight is 1100 g/mol. The van der Waals surface area contributed by atoms with Gasteiger partial charge in [0.1, 0.15) is 11.5 Å². The van der Waals surface area contributed by atoms with Crippen LogP contribution in [-0.2, 0) is 19.1 Å². The quantitative estimate of drug-likeness (QED) is 0.0196. The number of carboxylic acids is 1. The van der Waals surface area contributed by atoms with Crippen molar-refractivity contribution in [3.8, 4) is 22.4 Å². The van der Waals surface area contributed by atoms with Crippen LogP contribution < -0.4 is 19.8 Å². The zero-order valence-corrected chi connectivity index (χ0v) is 44.9. The number of thioether (sulfide) groups is 1. The second-order valence-electron chi connectivity index (χ2n) is 19.0. The van der Waals surface area contributed by atoms with E-state index in [2.05, 4.69) is 24.7 Å². The van der Waals surface area contributed by atoms with Gasteiger partial charge in [0.25, 0.3) is 15.7 Å². The molecule has 0 amide bonds. The molecular weight excluding hydrogens is 1040 g/mol. The number of anilines is 4. The van der Waals surface area contributed by atoms with Gasteiger partial charge in [-0.25, -0.2) is 22.2 Å². The van der Waals surface area contributed by atoms with Crippen molar-refractivity contribution >= 4 is 75.6 Å². The predicted molar refractivity (Wildman–Crippen MR) is 293 cm³/mol. The molecular formula is C53H60ClFN7O10PS2. The van der Waals surface area contributed by atoms with Gasteiger partial charge in [-0.15, -0.1) is 11.8 Å². The van der Waals surface area contributed by atoms with Crippen LogP contribution in [0.25, 0.3) is 22.4 Å². The molecule has 75 heavy (non-hydrogen) atoms. The van der Waals surface area contributed by atoms with Gasteiger partial charge in [0.05, 0.1) is 27.7 Å². The minimum Gasteiger partial charge on any atom is -0.478 e. The molecule has 8 rings (SSSR count). The van der Waals surface area contributed by atoms with Crippen molar-refractivity contribution in [3.05, 3.63) is 147 Å². The predicted octanol–water partition coefficient (Wildman–Crippen LogP) is 11.0. The maximum Gasteiger partial charge on any atom is 0.469 e. The molecule has 5 aromatic carbocycles. The number of hydrogen-bond acceptors (Lipinski definition) is 12. The van der Waals surface area contributed by atoms with Gasteiger partial charge in [-0.2, -0.15) is 0 Å². The van der Waals surface area contributed by atoms with E-state index in [1.54, 1.807) is 55.1 Å². The summed E-state index contributed by atoms with van der Waals surface area (Å²) >= 11 is 7.83. The fraction of sp³-hybridized carbons (Fsp3) is 0.340. The van der Waals surface area contributed by atoms with Crippen molar-refractivity contribution < 1.29 is 46.5 Å². The van der Waals surface area contributed by atoms with E-state index >= 15 is 4.39 Å². The number of likely N-dealkylation sites (tertiary alicyclic amines) is 1. The molecule has 1 atom stereocenters. The molecule has 0 saturated carbocycles. The number of nitro benzene ring substituents is 1. The first kappa shape index (κ1) is 55.3. The summed E-state index contributed by atoms with van der Waals surface area (Å²) in [4.78, 5) is 50.2. The molecule has 0 aliphatic carbocycles. The first-order chi connectivity index (χ1) is 35.7. The fourth-order valence-electron chi connectivity index (χ4n) is 9.87. The maximum absolute atomic E-state index is 15.7. The molecule has 2 aliphatic heterocycles. The first-order valence-electron chi connectivity index (χ1n) is 24.6. The maximum atomic E-state index is 15.7. The van der Waals surface area contributed by atoms with Gasteiger partial charge in [-0.3, -0.25) is 19.4 Å². The number of nitrogens with zero attached hydrogens (tertiary/aromatic N) is 5. The third-order valence-corrected chi connectivity index (χ3v) is 16.9. The number of piperidine rings is 1. The van der Waals surface area contributed by atoms with Crippen LogP contribution in [0.4, 0.5) is 32.8 Å². The SMILES string of the molecule is Cc1c(C(=O)O)c(-c2cc(F)cc(N3CCN(c4ccc(NS(=O)(=O)c5ccc(N[C@H](CCN6CCC(COP(=O)(O)O)CC6)CSc6ccccc6)c([N+](=O)[O-])c5)cc4)CC3)c2)c(-c2ccc(Cl)cc2)n1C(C)C. The summed E-state index contributed by atoms with van der Waals surface area (Å²) in [6.45, 7) is 9.88. The highest BCUT2D eigenvalue weighted by Gasteiger charge is 2.31. The lowest BCUT2D eigenvalue weighted by molar-refractivity contribution is -0.384. The monoisotopic (exact) mass is 1100 g/mol. The minimum atomic E-state index is -4.54. The van der Waals surface area contributed by atoms with Gasteiger partial charge in [-0.05, 0) is 149 Å². The molecule has 398 valence electrons. The number of halogens is 2. The van der Waals surface area contributed by atoms with E-state index in [1.165, 1.54) is 24.3 Å². The van der Waals surface area contributed by atoms with Crippen molar-refractivity contribution in [3.63, 3.8) is 0 Å². The number of carboxylic acid groups (broad SMARTS) is 1. The average Bonchev–Trinajstić information content (AvgIpc) is 3.71. The highest BCUT2D eigenvalue weighted by Crippen LogP contribution is 2.43. The first-order valence-corrected chi connectivity index (χ1v) is 28.9. The lowest BCUT2D eigenvalue weighted by Crippen LogP contribution is -2.46. The second-order valence-corrected chi connectivity index (χ2v) is 23.5. The number of phosphoric ester groups is 1. The summed E-state index contributed by atoms with van der Waals surface area (Å²) in [5.41, 5.74) is 4.40. The minimum absolute atomic E-state index is 0.0122. The topological polar surface area (TPSA) is 220 Å². The molecule has 2 aliphatic rings. The van der Waals surface area contributed by atoms with E-state index in [0.717, 1.165) is 22.2 Å². The number of sulfonamides is 1. The number of aromatic carboxylic acids is 1. The Labute approximate surface area is 445 Å². The molecule has 6 aromatic rings. The summed E-state index contributed by atoms with van der Waals surface area (Å²) in [6, 6.07) is 31.8. The van der Waals surface area contributed by atoms with Gasteiger partial charge in [0.2, 0.25) is 0 Å². The third-order valence-electron chi connectivity index (χ3n) is 13.6. The van der Waals surface area contributed by atoms with Crippen LogP contribution in [0.5, 0.6) is 0 Å². The largest absolute Gasteiger partial charge is 0.478 e. The van der Waals surface area contributed by atoms with Crippen LogP contribution in [-0.4, -0.2) is 108 Å². The molecule has 17 nitrogen and oxygen atoms in total. The third kappa shape index (κ3) is 13.9. The number of nitro groups is 1. The van der Waals surface area contributed by atoms with Gasteiger partial charge in [-0.1, -0.05) is 41.9 Å². The zero-order valence-electron chi connectivity index (χ0n) is 41.6. The molecule has 3 heterocycles. The van der Waals surface area contributed by atoms with Crippen LogP contribution in [0.1, 0.15) is 55.2 Å². The van der Waals surface area contributed by atoms with Gasteiger partial charge in [0.15, 0.2) is 0 Å². The molecule has 2 fully saturated rings. The van der Waals surface area contributed by atoms with Gasteiger partial charge >= 0.3 is 13.8 Å². The molecule has 2 saturated heterocycles. The fourth-order valence-corrected chi connectivity index (χ4v) is 12.5. The second kappa shape index (κ2) is 23.9. The van der Waals surface area contributed by atoms with Crippen molar-refractivity contribution in [1.82, 2.24) is 9.47 Å².